The Bertz CT molecular complexity index is 660. The van der Waals surface area contributed by atoms with E-state index in [4.69, 9.17) is 16.9 Å². The zero-order valence-electron chi connectivity index (χ0n) is 10.1. The van der Waals surface area contributed by atoms with E-state index < -0.39 is 5.51 Å². The summed E-state index contributed by atoms with van der Waals surface area (Å²) in [6, 6.07) is 6.88. The van der Waals surface area contributed by atoms with Gasteiger partial charge in [0.2, 0.25) is 0 Å². The molecule has 2 aromatic rings. The predicted molar refractivity (Wildman–Crippen MR) is 72.5 cm³/mol. The molecule has 20 heavy (non-hydrogen) atoms. The van der Waals surface area contributed by atoms with Gasteiger partial charge < -0.3 is 4.57 Å². The summed E-state index contributed by atoms with van der Waals surface area (Å²) < 4.78 is 38.1. The molecule has 3 nitrogen and oxygen atoms in total. The minimum Gasteiger partial charge on any atom is -0.326 e. The minimum absolute atomic E-state index is 0.0872. The molecule has 0 bridgehead atoms. The smallest absolute Gasteiger partial charge is 0.326 e. The predicted octanol–water partition coefficient (Wildman–Crippen LogP) is 3.90. The summed E-state index contributed by atoms with van der Waals surface area (Å²) in [6.07, 6.45) is 0. The lowest BCUT2D eigenvalue weighted by atomic mass is 10.2. The Balaban J connectivity index is 2.32. The van der Waals surface area contributed by atoms with Gasteiger partial charge in [-0.3, -0.25) is 0 Å². The van der Waals surface area contributed by atoms with E-state index in [1.54, 1.807) is 22.8 Å². The number of aromatic nitrogens is 2. The van der Waals surface area contributed by atoms with Crippen LogP contribution in [0.25, 0.3) is 11.0 Å². The van der Waals surface area contributed by atoms with Crippen LogP contribution in [-0.4, -0.2) is 20.8 Å². The van der Waals surface area contributed by atoms with Gasteiger partial charge in [0.1, 0.15) is 5.82 Å². The molecule has 0 saturated heterocycles. The van der Waals surface area contributed by atoms with Crippen LogP contribution in [0.15, 0.2) is 18.2 Å². The normalized spacial score (nSPS) is 11.8. The summed E-state index contributed by atoms with van der Waals surface area (Å²) in [7, 11) is 0. The van der Waals surface area contributed by atoms with Crippen molar-refractivity contribution in [3.63, 3.8) is 0 Å². The van der Waals surface area contributed by atoms with Crippen LogP contribution >= 0.6 is 23.4 Å². The second kappa shape index (κ2) is 5.94. The van der Waals surface area contributed by atoms with Crippen LogP contribution in [0, 0.1) is 11.3 Å². The fourth-order valence-electron chi connectivity index (χ4n) is 1.85. The highest BCUT2D eigenvalue weighted by Gasteiger charge is 2.27. The van der Waals surface area contributed by atoms with Gasteiger partial charge in [0.05, 0.1) is 28.5 Å². The Hall–Kier alpha value is -1.39. The van der Waals surface area contributed by atoms with Crippen molar-refractivity contribution in [3.8, 4) is 6.07 Å². The van der Waals surface area contributed by atoms with E-state index in [0.29, 0.717) is 22.4 Å². The molecule has 1 aromatic heterocycles. The number of thioether (sulfide) groups is 1. The van der Waals surface area contributed by atoms with Crippen molar-refractivity contribution >= 4 is 34.4 Å². The Kier molecular flexibility index (Phi) is 4.45. The van der Waals surface area contributed by atoms with Gasteiger partial charge in [0.25, 0.3) is 0 Å². The van der Waals surface area contributed by atoms with Gasteiger partial charge in [-0.05, 0) is 30.0 Å². The van der Waals surface area contributed by atoms with Crippen LogP contribution in [-0.2, 0) is 12.4 Å². The van der Waals surface area contributed by atoms with E-state index in [9.17, 15) is 13.2 Å². The van der Waals surface area contributed by atoms with Crippen molar-refractivity contribution in [1.29, 1.82) is 5.26 Å². The van der Waals surface area contributed by atoms with Crippen LogP contribution < -0.4 is 0 Å². The number of halogens is 4. The highest BCUT2D eigenvalue weighted by atomic mass is 35.5. The maximum absolute atomic E-state index is 12.2. The maximum Gasteiger partial charge on any atom is 0.441 e. The SMILES string of the molecule is N#Cc1ccc2nc(CCl)n(CCSC(F)(F)F)c2c1. The number of hydrogen-bond acceptors (Lipinski definition) is 3. The zero-order chi connectivity index (χ0) is 14.8. The number of alkyl halides is 4. The molecule has 0 N–H and O–H groups in total. The Morgan fingerprint density at radius 1 is 1.40 bits per heavy atom. The highest BCUT2D eigenvalue weighted by molar-refractivity contribution is 8.00. The fraction of sp³-hybridized carbons (Fsp3) is 0.333. The number of aryl methyl sites for hydroxylation is 1. The van der Waals surface area contributed by atoms with Gasteiger partial charge in [0, 0.05) is 12.3 Å². The van der Waals surface area contributed by atoms with Crippen molar-refractivity contribution in [3.05, 3.63) is 29.6 Å². The first kappa shape index (κ1) is 15.0. The van der Waals surface area contributed by atoms with E-state index >= 15 is 0 Å². The topological polar surface area (TPSA) is 41.6 Å². The Labute approximate surface area is 122 Å². The molecule has 0 aliphatic rings. The van der Waals surface area contributed by atoms with Gasteiger partial charge in [-0.1, -0.05) is 0 Å². The Morgan fingerprint density at radius 2 is 2.15 bits per heavy atom. The standard InChI is InChI=1S/C12H9ClF3N3S/c13-6-11-18-9-2-1-8(7-17)5-10(9)19(11)3-4-20-12(14,15)16/h1-2,5H,3-4,6H2. The van der Waals surface area contributed by atoms with Gasteiger partial charge in [-0.15, -0.1) is 11.6 Å². The maximum atomic E-state index is 12.2. The fourth-order valence-corrected chi connectivity index (χ4v) is 2.56. The second-order valence-corrected chi connectivity index (χ2v) is 5.35. The molecule has 0 aliphatic heterocycles. The lowest BCUT2D eigenvalue weighted by Crippen LogP contribution is -2.09. The van der Waals surface area contributed by atoms with E-state index in [1.807, 2.05) is 6.07 Å². The van der Waals surface area contributed by atoms with Crippen LogP contribution in [0.1, 0.15) is 11.4 Å². The molecule has 0 spiro atoms. The number of imidazole rings is 1. The lowest BCUT2D eigenvalue weighted by Gasteiger charge is -2.09. The zero-order valence-corrected chi connectivity index (χ0v) is 11.7. The van der Waals surface area contributed by atoms with Crippen LogP contribution in [0.2, 0.25) is 0 Å². The molecule has 0 amide bonds. The van der Waals surface area contributed by atoms with Crippen molar-refractivity contribution < 1.29 is 13.2 Å². The third kappa shape index (κ3) is 3.38. The Morgan fingerprint density at radius 3 is 2.75 bits per heavy atom. The van der Waals surface area contributed by atoms with E-state index in [2.05, 4.69) is 4.98 Å². The second-order valence-electron chi connectivity index (χ2n) is 3.92. The van der Waals surface area contributed by atoms with E-state index in [1.165, 1.54) is 0 Å². The summed E-state index contributed by atoms with van der Waals surface area (Å²) in [5.41, 5.74) is -2.57. The van der Waals surface area contributed by atoms with Crippen molar-refractivity contribution in [1.82, 2.24) is 9.55 Å². The van der Waals surface area contributed by atoms with E-state index in [0.717, 1.165) is 0 Å². The summed E-state index contributed by atoms with van der Waals surface area (Å²) in [5.74, 6) is 0.475. The minimum atomic E-state index is -4.25. The first-order chi connectivity index (χ1) is 9.44. The molecule has 106 valence electrons. The molecular formula is C12H9ClF3N3S. The van der Waals surface area contributed by atoms with Gasteiger partial charge in [-0.25, -0.2) is 4.98 Å². The number of hydrogen-bond donors (Lipinski definition) is 0. The summed E-state index contributed by atoms with van der Waals surface area (Å²) in [4.78, 5) is 4.25. The first-order valence-electron chi connectivity index (χ1n) is 5.60. The number of benzene rings is 1. The monoisotopic (exact) mass is 319 g/mol. The molecule has 0 fully saturated rings. The average molecular weight is 320 g/mol. The lowest BCUT2D eigenvalue weighted by molar-refractivity contribution is -0.0328. The van der Waals surface area contributed by atoms with Crippen molar-refractivity contribution in [2.45, 2.75) is 17.9 Å². The summed E-state index contributed by atoms with van der Waals surface area (Å²) in [6.45, 7) is 0.137. The molecule has 0 radical (unpaired) electrons. The quantitative estimate of drug-likeness (QED) is 0.803. The van der Waals surface area contributed by atoms with Crippen LogP contribution in [0.4, 0.5) is 13.2 Å². The molecule has 0 unspecified atom stereocenters. The van der Waals surface area contributed by atoms with Gasteiger partial charge in [-0.2, -0.15) is 18.4 Å². The molecular weight excluding hydrogens is 311 g/mol. The third-order valence-electron chi connectivity index (χ3n) is 2.66. The molecule has 0 aliphatic carbocycles. The number of nitrogens with zero attached hydrogens (tertiary/aromatic N) is 3. The number of fused-ring (bicyclic) bond motifs is 1. The van der Waals surface area contributed by atoms with E-state index in [-0.39, 0.29) is 29.9 Å². The van der Waals surface area contributed by atoms with Crippen LogP contribution in [0.5, 0.6) is 0 Å². The van der Waals surface area contributed by atoms with Gasteiger partial charge >= 0.3 is 5.51 Å². The molecule has 8 heteroatoms. The number of nitriles is 1. The third-order valence-corrected chi connectivity index (χ3v) is 3.61. The molecule has 0 atom stereocenters. The highest BCUT2D eigenvalue weighted by Crippen LogP contribution is 2.30. The average Bonchev–Trinajstić information content (AvgIpc) is 2.74. The molecule has 0 saturated carbocycles. The molecule has 1 aromatic carbocycles. The van der Waals surface area contributed by atoms with Crippen molar-refractivity contribution in [2.75, 3.05) is 5.75 Å². The molecule has 2 rings (SSSR count). The first-order valence-corrected chi connectivity index (χ1v) is 7.12. The summed E-state index contributed by atoms with van der Waals surface area (Å²) >= 11 is 5.68. The van der Waals surface area contributed by atoms with Gasteiger partial charge in [0.15, 0.2) is 0 Å². The van der Waals surface area contributed by atoms with Crippen LogP contribution in [0.3, 0.4) is 0 Å². The number of rotatable bonds is 4. The van der Waals surface area contributed by atoms with Crippen molar-refractivity contribution in [2.24, 2.45) is 0 Å². The largest absolute Gasteiger partial charge is 0.441 e. The molecule has 1 heterocycles. The summed E-state index contributed by atoms with van der Waals surface area (Å²) in [5, 5.41) is 8.88.